The van der Waals surface area contributed by atoms with Crippen molar-refractivity contribution >= 4 is 17.3 Å². The van der Waals surface area contributed by atoms with Crippen LogP contribution in [0.1, 0.15) is 38.2 Å². The van der Waals surface area contributed by atoms with Gasteiger partial charge in [-0.05, 0) is 37.9 Å². The van der Waals surface area contributed by atoms with E-state index in [1.807, 2.05) is 18.2 Å². The van der Waals surface area contributed by atoms with E-state index in [0.29, 0.717) is 6.04 Å². The molecule has 0 saturated heterocycles. The monoisotopic (exact) mass is 266 g/mol. The van der Waals surface area contributed by atoms with E-state index in [2.05, 4.69) is 18.9 Å². The quantitative estimate of drug-likeness (QED) is 0.840. The summed E-state index contributed by atoms with van der Waals surface area (Å²) in [5.74, 6) is 0.771. The van der Waals surface area contributed by atoms with Gasteiger partial charge in [-0.3, -0.25) is 4.90 Å². The molecule has 1 saturated carbocycles. The average Bonchev–Trinajstić information content (AvgIpc) is 2.34. The molecule has 2 N–H and O–H groups in total. The summed E-state index contributed by atoms with van der Waals surface area (Å²) in [6.07, 6.45) is 5.35. The van der Waals surface area contributed by atoms with Crippen molar-refractivity contribution in [1.29, 1.82) is 0 Å². The fraction of sp³-hybridized carbons (Fsp3) is 0.600. The van der Waals surface area contributed by atoms with Gasteiger partial charge in [0.2, 0.25) is 0 Å². The molecule has 3 heteroatoms. The van der Waals surface area contributed by atoms with Gasteiger partial charge in [-0.15, -0.1) is 0 Å². The van der Waals surface area contributed by atoms with Crippen LogP contribution < -0.4 is 5.73 Å². The molecule has 1 aromatic carbocycles. The number of hydrogen-bond acceptors (Lipinski definition) is 2. The second-order valence-corrected chi connectivity index (χ2v) is 5.96. The number of hydrogen-bond donors (Lipinski definition) is 1. The third-order valence-electron chi connectivity index (χ3n) is 4.19. The predicted molar refractivity (Wildman–Crippen MR) is 78.8 cm³/mol. The van der Waals surface area contributed by atoms with Crippen molar-refractivity contribution in [3.63, 3.8) is 0 Å². The molecule has 2 rings (SSSR count). The molecular formula is C15H23ClN2. The first-order valence-corrected chi connectivity index (χ1v) is 7.20. The second kappa shape index (κ2) is 5.94. The molecule has 0 aliphatic heterocycles. The molecule has 0 heterocycles. The van der Waals surface area contributed by atoms with Gasteiger partial charge in [0, 0.05) is 28.9 Å². The van der Waals surface area contributed by atoms with E-state index in [1.165, 1.54) is 25.7 Å². The van der Waals surface area contributed by atoms with Gasteiger partial charge in [0.25, 0.3) is 0 Å². The van der Waals surface area contributed by atoms with Crippen molar-refractivity contribution in [2.24, 2.45) is 5.92 Å². The Morgan fingerprint density at radius 1 is 1.33 bits per heavy atom. The number of nitrogen functional groups attached to an aromatic ring is 1. The molecule has 100 valence electrons. The lowest BCUT2D eigenvalue weighted by Crippen LogP contribution is -2.38. The highest BCUT2D eigenvalue weighted by Gasteiger charge is 2.25. The molecule has 1 aliphatic rings. The van der Waals surface area contributed by atoms with E-state index >= 15 is 0 Å². The molecule has 1 fully saturated rings. The number of benzene rings is 1. The van der Waals surface area contributed by atoms with Crippen LogP contribution in [0, 0.1) is 5.92 Å². The van der Waals surface area contributed by atoms with Crippen LogP contribution in [0.3, 0.4) is 0 Å². The normalized spacial score (nSPS) is 24.4. The Hall–Kier alpha value is -0.730. The van der Waals surface area contributed by atoms with Crippen LogP contribution in [0.5, 0.6) is 0 Å². The van der Waals surface area contributed by atoms with Crippen LogP contribution in [0.15, 0.2) is 18.2 Å². The maximum absolute atomic E-state index is 6.24. The first-order valence-electron chi connectivity index (χ1n) is 6.82. The number of nitrogens with zero attached hydrogens (tertiary/aromatic N) is 1. The minimum atomic E-state index is 0.662. The number of halogens is 1. The number of rotatable bonds is 3. The molecule has 1 aromatic rings. The molecule has 2 atom stereocenters. The molecule has 2 nitrogen and oxygen atoms in total. The van der Waals surface area contributed by atoms with Crippen molar-refractivity contribution in [1.82, 2.24) is 4.90 Å². The van der Waals surface area contributed by atoms with Gasteiger partial charge >= 0.3 is 0 Å². The molecule has 18 heavy (non-hydrogen) atoms. The lowest BCUT2D eigenvalue weighted by Gasteiger charge is -2.36. The topological polar surface area (TPSA) is 29.3 Å². The van der Waals surface area contributed by atoms with Crippen molar-refractivity contribution in [3.8, 4) is 0 Å². The Balaban J connectivity index is 2.08. The van der Waals surface area contributed by atoms with Gasteiger partial charge in [-0.2, -0.15) is 0 Å². The Bertz CT molecular complexity index is 385. The SMILES string of the molecule is CC1CCCCC1N(C)Cc1c(N)cccc1Cl. The lowest BCUT2D eigenvalue weighted by atomic mass is 9.85. The molecule has 1 aliphatic carbocycles. The molecule has 0 bridgehead atoms. The summed E-state index contributed by atoms with van der Waals surface area (Å²) < 4.78 is 0. The third kappa shape index (κ3) is 2.99. The van der Waals surface area contributed by atoms with Gasteiger partial charge < -0.3 is 5.73 Å². The van der Waals surface area contributed by atoms with Gasteiger partial charge in [-0.1, -0.05) is 37.4 Å². The molecule has 2 unspecified atom stereocenters. The minimum absolute atomic E-state index is 0.662. The van der Waals surface area contributed by atoms with E-state index in [9.17, 15) is 0 Å². The third-order valence-corrected chi connectivity index (χ3v) is 4.55. The first-order chi connectivity index (χ1) is 8.59. The Kier molecular flexibility index (Phi) is 4.52. The maximum atomic E-state index is 6.24. The van der Waals surface area contributed by atoms with Gasteiger partial charge in [-0.25, -0.2) is 0 Å². The van der Waals surface area contributed by atoms with E-state index in [4.69, 9.17) is 17.3 Å². The molecule has 0 spiro atoms. The molecule has 0 aromatic heterocycles. The smallest absolute Gasteiger partial charge is 0.0471 e. The zero-order chi connectivity index (χ0) is 13.1. The van der Waals surface area contributed by atoms with Gasteiger partial charge in [0.15, 0.2) is 0 Å². The van der Waals surface area contributed by atoms with Crippen molar-refractivity contribution in [2.75, 3.05) is 12.8 Å². The highest BCUT2D eigenvalue weighted by atomic mass is 35.5. The first kappa shape index (κ1) is 13.7. The highest BCUT2D eigenvalue weighted by molar-refractivity contribution is 6.31. The second-order valence-electron chi connectivity index (χ2n) is 5.55. The van der Waals surface area contributed by atoms with Crippen molar-refractivity contribution in [2.45, 2.75) is 45.2 Å². The summed E-state index contributed by atoms with van der Waals surface area (Å²) in [5.41, 5.74) is 7.90. The largest absolute Gasteiger partial charge is 0.398 e. The Morgan fingerprint density at radius 3 is 2.72 bits per heavy atom. The van der Waals surface area contributed by atoms with Crippen LogP contribution in [-0.2, 0) is 6.54 Å². The zero-order valence-electron chi connectivity index (χ0n) is 11.3. The van der Waals surface area contributed by atoms with Crippen LogP contribution in [-0.4, -0.2) is 18.0 Å². The van der Waals surface area contributed by atoms with Gasteiger partial charge in [0.1, 0.15) is 0 Å². The zero-order valence-corrected chi connectivity index (χ0v) is 12.1. The lowest BCUT2D eigenvalue weighted by molar-refractivity contribution is 0.133. The average molecular weight is 267 g/mol. The van der Waals surface area contributed by atoms with E-state index in [1.54, 1.807) is 0 Å². The standard InChI is InChI=1S/C15H23ClN2/c1-11-6-3-4-9-15(11)18(2)10-12-13(16)7-5-8-14(12)17/h5,7-8,11,15H,3-4,6,9-10,17H2,1-2H3. The highest BCUT2D eigenvalue weighted by Crippen LogP contribution is 2.30. The van der Waals surface area contributed by atoms with Crippen LogP contribution >= 0.6 is 11.6 Å². The maximum Gasteiger partial charge on any atom is 0.0471 e. The van der Waals surface area contributed by atoms with Crippen LogP contribution in [0.2, 0.25) is 5.02 Å². The molecule has 0 amide bonds. The van der Waals surface area contributed by atoms with Crippen molar-refractivity contribution in [3.05, 3.63) is 28.8 Å². The fourth-order valence-corrected chi connectivity index (χ4v) is 3.30. The predicted octanol–water partition coefficient (Wildman–Crippen LogP) is 3.93. The van der Waals surface area contributed by atoms with Gasteiger partial charge in [0.05, 0.1) is 0 Å². The summed E-state index contributed by atoms with van der Waals surface area (Å²) in [4.78, 5) is 2.42. The fourth-order valence-electron chi connectivity index (χ4n) is 3.06. The summed E-state index contributed by atoms with van der Waals surface area (Å²) >= 11 is 6.24. The van der Waals surface area contributed by atoms with E-state index < -0.39 is 0 Å². The molecule has 0 radical (unpaired) electrons. The Labute approximate surface area is 115 Å². The number of nitrogens with two attached hydrogens (primary N) is 1. The number of anilines is 1. The van der Waals surface area contributed by atoms with E-state index in [-0.39, 0.29) is 0 Å². The summed E-state index contributed by atoms with van der Waals surface area (Å²) in [5, 5.41) is 0.783. The summed E-state index contributed by atoms with van der Waals surface area (Å²) in [6.45, 7) is 3.21. The van der Waals surface area contributed by atoms with E-state index in [0.717, 1.165) is 28.7 Å². The summed E-state index contributed by atoms with van der Waals surface area (Å²) in [7, 11) is 2.19. The van der Waals surface area contributed by atoms with Crippen LogP contribution in [0.4, 0.5) is 5.69 Å². The minimum Gasteiger partial charge on any atom is -0.398 e. The van der Waals surface area contributed by atoms with Crippen molar-refractivity contribution < 1.29 is 0 Å². The molecular weight excluding hydrogens is 244 g/mol. The Morgan fingerprint density at radius 2 is 2.06 bits per heavy atom. The van der Waals surface area contributed by atoms with Crippen LogP contribution in [0.25, 0.3) is 0 Å². The summed E-state index contributed by atoms with van der Waals surface area (Å²) in [6, 6.07) is 6.42.